The molecule has 2 aromatic heterocycles. The normalized spacial score (nSPS) is 9.54. The van der Waals surface area contributed by atoms with Gasteiger partial charge in [0.25, 0.3) is 0 Å². The van der Waals surface area contributed by atoms with Crippen LogP contribution in [0.5, 0.6) is 0 Å². The lowest BCUT2D eigenvalue weighted by Crippen LogP contribution is -2.08. The van der Waals surface area contributed by atoms with Gasteiger partial charge in [-0.2, -0.15) is 10.2 Å². The standard InChI is InChI=1S/C9H14N2O2.C6H8N2O2.CH4/c1-4-13-9(12)8-5-6-11(10-8)7(2)3;1-2-10-6(9)5-3-4-7-8-5;/h5-7H,4H2,1-3H3;3-4H,2H2,1H3,(H,7,8);1H4. The first kappa shape index (κ1) is 21.4. The Labute approximate surface area is 142 Å². The summed E-state index contributed by atoms with van der Waals surface area (Å²) < 4.78 is 11.2. The summed E-state index contributed by atoms with van der Waals surface area (Å²) in [6, 6.07) is 3.50. The van der Waals surface area contributed by atoms with Gasteiger partial charge in [-0.1, -0.05) is 7.43 Å². The molecule has 0 fully saturated rings. The minimum atomic E-state index is -0.361. The number of nitrogens with zero attached hydrogens (tertiary/aromatic N) is 3. The highest BCUT2D eigenvalue weighted by molar-refractivity contribution is 5.87. The second-order valence-corrected chi connectivity index (χ2v) is 4.69. The summed E-state index contributed by atoms with van der Waals surface area (Å²) in [4.78, 5) is 22.0. The van der Waals surface area contributed by atoms with Gasteiger partial charge in [-0.15, -0.1) is 0 Å². The number of carbonyl (C=O) groups excluding carboxylic acids is 2. The minimum Gasteiger partial charge on any atom is -0.461 e. The third kappa shape index (κ3) is 6.64. The molecule has 0 aliphatic rings. The Hall–Kier alpha value is -2.64. The number of carbonyl (C=O) groups is 2. The lowest BCUT2D eigenvalue weighted by Gasteiger charge is -2.03. The van der Waals surface area contributed by atoms with Crippen LogP contribution in [0.1, 0.15) is 62.1 Å². The van der Waals surface area contributed by atoms with Crippen molar-refractivity contribution in [1.82, 2.24) is 20.0 Å². The Morgan fingerprint density at radius 2 is 1.79 bits per heavy atom. The summed E-state index contributed by atoms with van der Waals surface area (Å²) in [5.41, 5.74) is 0.761. The van der Waals surface area contributed by atoms with Crippen LogP contribution in [-0.4, -0.2) is 45.1 Å². The highest BCUT2D eigenvalue weighted by Gasteiger charge is 2.10. The van der Waals surface area contributed by atoms with E-state index in [2.05, 4.69) is 20.0 Å². The van der Waals surface area contributed by atoms with E-state index >= 15 is 0 Å². The van der Waals surface area contributed by atoms with Crippen LogP contribution in [-0.2, 0) is 9.47 Å². The Morgan fingerprint density at radius 3 is 2.25 bits per heavy atom. The van der Waals surface area contributed by atoms with Gasteiger partial charge < -0.3 is 9.47 Å². The fraction of sp³-hybridized carbons (Fsp3) is 0.500. The summed E-state index contributed by atoms with van der Waals surface area (Å²) in [5, 5.41) is 10.2. The molecule has 1 N–H and O–H groups in total. The lowest BCUT2D eigenvalue weighted by molar-refractivity contribution is 0.0509. The largest absolute Gasteiger partial charge is 0.461 e. The number of hydrogen-bond donors (Lipinski definition) is 1. The molecule has 2 rings (SSSR count). The second kappa shape index (κ2) is 11.0. The average molecular weight is 338 g/mol. The number of esters is 2. The molecule has 0 amide bonds. The van der Waals surface area contributed by atoms with Crippen molar-refractivity contribution in [3.05, 3.63) is 35.9 Å². The van der Waals surface area contributed by atoms with Crippen LogP contribution < -0.4 is 0 Å². The molecule has 24 heavy (non-hydrogen) atoms. The third-order valence-electron chi connectivity index (χ3n) is 2.62. The van der Waals surface area contributed by atoms with Gasteiger partial charge in [-0.3, -0.25) is 9.78 Å². The molecule has 0 spiro atoms. The summed E-state index contributed by atoms with van der Waals surface area (Å²) in [6.07, 6.45) is 3.28. The summed E-state index contributed by atoms with van der Waals surface area (Å²) in [6.45, 7) is 8.31. The molecular formula is C16H26N4O4. The third-order valence-corrected chi connectivity index (χ3v) is 2.62. The van der Waals surface area contributed by atoms with Crippen molar-refractivity contribution in [2.24, 2.45) is 0 Å². The van der Waals surface area contributed by atoms with Gasteiger partial charge >= 0.3 is 11.9 Å². The van der Waals surface area contributed by atoms with E-state index in [0.717, 1.165) is 0 Å². The fourth-order valence-electron chi connectivity index (χ4n) is 1.52. The van der Waals surface area contributed by atoms with Crippen molar-refractivity contribution in [3.8, 4) is 0 Å². The van der Waals surface area contributed by atoms with Gasteiger partial charge in [-0.25, -0.2) is 9.59 Å². The number of aromatic amines is 1. The molecule has 0 aromatic carbocycles. The van der Waals surface area contributed by atoms with Gasteiger partial charge in [0.2, 0.25) is 0 Å². The number of ether oxygens (including phenoxy) is 2. The van der Waals surface area contributed by atoms with Crippen molar-refractivity contribution in [3.63, 3.8) is 0 Å². The molecule has 0 saturated heterocycles. The zero-order valence-electron chi connectivity index (χ0n) is 13.8. The molecule has 0 atom stereocenters. The van der Waals surface area contributed by atoms with Crippen LogP contribution >= 0.6 is 0 Å². The summed E-state index contributed by atoms with van der Waals surface area (Å²) >= 11 is 0. The zero-order valence-corrected chi connectivity index (χ0v) is 13.8. The second-order valence-electron chi connectivity index (χ2n) is 4.69. The van der Waals surface area contributed by atoms with E-state index in [4.69, 9.17) is 4.74 Å². The molecule has 8 nitrogen and oxygen atoms in total. The molecule has 8 heteroatoms. The van der Waals surface area contributed by atoms with E-state index in [-0.39, 0.29) is 25.4 Å². The maximum Gasteiger partial charge on any atom is 0.358 e. The number of aromatic nitrogens is 4. The first-order valence-corrected chi connectivity index (χ1v) is 7.38. The van der Waals surface area contributed by atoms with Crippen LogP contribution in [0.2, 0.25) is 0 Å². The minimum absolute atomic E-state index is 0. The van der Waals surface area contributed by atoms with Gasteiger partial charge in [0.05, 0.1) is 13.2 Å². The highest BCUT2D eigenvalue weighted by atomic mass is 16.5. The van der Waals surface area contributed by atoms with Crippen LogP contribution in [0.3, 0.4) is 0 Å². The predicted octanol–water partition coefficient (Wildman–Crippen LogP) is 2.86. The predicted molar refractivity (Wildman–Crippen MR) is 89.8 cm³/mol. The molecule has 2 heterocycles. The zero-order chi connectivity index (χ0) is 17.2. The number of H-pyrrole nitrogens is 1. The van der Waals surface area contributed by atoms with Crippen LogP contribution in [0.25, 0.3) is 0 Å². The summed E-state index contributed by atoms with van der Waals surface area (Å²) in [7, 11) is 0. The lowest BCUT2D eigenvalue weighted by atomic mass is 10.4. The Bertz CT molecular complexity index is 605. The molecule has 0 bridgehead atoms. The SMILES string of the molecule is C.CCOC(=O)c1ccn(C(C)C)n1.CCOC(=O)c1ccn[nH]1. The molecule has 0 saturated carbocycles. The maximum atomic E-state index is 11.2. The van der Waals surface area contributed by atoms with Crippen LogP contribution in [0.4, 0.5) is 0 Å². The van der Waals surface area contributed by atoms with E-state index in [9.17, 15) is 9.59 Å². The van der Waals surface area contributed by atoms with Crippen molar-refractivity contribution in [2.45, 2.75) is 41.2 Å². The monoisotopic (exact) mass is 338 g/mol. The van der Waals surface area contributed by atoms with E-state index in [1.165, 1.54) is 6.20 Å². The van der Waals surface area contributed by atoms with Crippen molar-refractivity contribution in [1.29, 1.82) is 0 Å². The molecule has 0 aliphatic carbocycles. The number of rotatable bonds is 5. The van der Waals surface area contributed by atoms with E-state index < -0.39 is 0 Å². The Balaban J connectivity index is 0.000000436. The van der Waals surface area contributed by atoms with Crippen LogP contribution in [0, 0.1) is 0 Å². The van der Waals surface area contributed by atoms with Crippen molar-refractivity contribution < 1.29 is 19.1 Å². The Kier molecular flexibility index (Phi) is 9.77. The maximum absolute atomic E-state index is 11.2. The number of nitrogens with one attached hydrogen (secondary N) is 1. The van der Waals surface area contributed by atoms with E-state index in [1.54, 1.807) is 36.9 Å². The van der Waals surface area contributed by atoms with Gasteiger partial charge in [0.1, 0.15) is 5.69 Å². The first-order valence-electron chi connectivity index (χ1n) is 7.38. The highest BCUT2D eigenvalue weighted by Crippen LogP contribution is 2.05. The van der Waals surface area contributed by atoms with Crippen molar-refractivity contribution >= 4 is 11.9 Å². The van der Waals surface area contributed by atoms with Crippen LogP contribution in [0.15, 0.2) is 24.5 Å². The van der Waals surface area contributed by atoms with Crippen molar-refractivity contribution in [2.75, 3.05) is 13.2 Å². The number of hydrogen-bond acceptors (Lipinski definition) is 6. The first-order chi connectivity index (χ1) is 11.0. The molecule has 0 radical (unpaired) electrons. The smallest absolute Gasteiger partial charge is 0.358 e. The van der Waals surface area contributed by atoms with E-state index in [0.29, 0.717) is 24.6 Å². The van der Waals surface area contributed by atoms with Gasteiger partial charge in [-0.05, 0) is 39.8 Å². The molecule has 134 valence electrons. The topological polar surface area (TPSA) is 99.1 Å². The summed E-state index contributed by atoms with van der Waals surface area (Å²) in [5.74, 6) is -0.720. The molecule has 0 unspecified atom stereocenters. The molecule has 2 aromatic rings. The Morgan fingerprint density at radius 1 is 1.17 bits per heavy atom. The average Bonchev–Trinajstić information content (AvgIpc) is 3.20. The fourth-order valence-corrected chi connectivity index (χ4v) is 1.52. The van der Waals surface area contributed by atoms with Gasteiger partial charge in [0.15, 0.2) is 5.69 Å². The van der Waals surface area contributed by atoms with Gasteiger partial charge in [0, 0.05) is 18.4 Å². The van der Waals surface area contributed by atoms with E-state index in [1.807, 2.05) is 13.8 Å². The quantitative estimate of drug-likeness (QED) is 0.842. The molecule has 0 aliphatic heterocycles. The molecular weight excluding hydrogens is 312 g/mol.